The summed E-state index contributed by atoms with van der Waals surface area (Å²) in [4.78, 5) is 0. The third-order valence-corrected chi connectivity index (χ3v) is 5.31. The number of hydrogen-bond donors (Lipinski definition) is 1. The van der Waals surface area contributed by atoms with Gasteiger partial charge in [-0.1, -0.05) is 39.3 Å². The quantitative estimate of drug-likeness (QED) is 0.879. The van der Waals surface area contributed by atoms with Crippen LogP contribution in [0.2, 0.25) is 0 Å². The van der Waals surface area contributed by atoms with Gasteiger partial charge in [-0.25, -0.2) is 0 Å². The Labute approximate surface area is 142 Å². The lowest BCUT2D eigenvalue weighted by Gasteiger charge is -2.34. The van der Waals surface area contributed by atoms with Gasteiger partial charge in [0.2, 0.25) is 0 Å². The molecule has 4 rings (SSSR count). The van der Waals surface area contributed by atoms with Gasteiger partial charge in [0.05, 0.1) is 18.9 Å². The van der Waals surface area contributed by atoms with Crippen LogP contribution in [-0.2, 0) is 28.0 Å². The van der Waals surface area contributed by atoms with E-state index in [1.807, 2.05) is 18.2 Å². The largest absolute Gasteiger partial charge is 0.378 e. The molecule has 3 heterocycles. The zero-order valence-corrected chi connectivity index (χ0v) is 14.1. The van der Waals surface area contributed by atoms with Gasteiger partial charge < -0.3 is 14.6 Å². The predicted octanol–water partition coefficient (Wildman–Crippen LogP) is 2.01. The summed E-state index contributed by atoms with van der Waals surface area (Å²) in [6.07, 6.45) is 3.46. The van der Waals surface area contributed by atoms with Crippen molar-refractivity contribution >= 4 is 15.9 Å². The van der Waals surface area contributed by atoms with E-state index in [0.29, 0.717) is 25.3 Å². The normalized spacial score (nSPS) is 29.8. The first-order chi connectivity index (χ1) is 11.1. The Bertz CT molecular complexity index is 707. The standard InChI is InChI=1S/C16H18BrN3O3/c17-13-4-2-1-3-11(13)6-8-20-9-14(18-19-20)16(21)7-5-12-10-22-15(16)23-12/h1-4,9,12,15,21H,5-8,10H2/t12-,15+,16?/m0/s1. The molecule has 0 saturated carbocycles. The number of benzene rings is 1. The van der Waals surface area contributed by atoms with Gasteiger partial charge in [0.25, 0.3) is 0 Å². The number of aryl methyl sites for hydroxylation is 2. The summed E-state index contributed by atoms with van der Waals surface area (Å²) in [6, 6.07) is 8.12. The molecule has 23 heavy (non-hydrogen) atoms. The molecule has 7 heteroatoms. The number of aliphatic hydroxyl groups is 1. The first kappa shape index (κ1) is 15.3. The Morgan fingerprint density at radius 1 is 1.39 bits per heavy atom. The van der Waals surface area contributed by atoms with Crippen molar-refractivity contribution in [3.8, 4) is 0 Å². The van der Waals surface area contributed by atoms with Crippen molar-refractivity contribution in [2.75, 3.05) is 6.61 Å². The highest BCUT2D eigenvalue weighted by molar-refractivity contribution is 9.10. The number of halogens is 1. The third-order valence-electron chi connectivity index (χ3n) is 4.54. The van der Waals surface area contributed by atoms with Crippen LogP contribution < -0.4 is 0 Å². The van der Waals surface area contributed by atoms with Crippen LogP contribution >= 0.6 is 15.9 Å². The fourth-order valence-corrected chi connectivity index (χ4v) is 3.62. The van der Waals surface area contributed by atoms with Gasteiger partial charge in [0.1, 0.15) is 5.69 Å². The van der Waals surface area contributed by atoms with E-state index in [2.05, 4.69) is 32.3 Å². The van der Waals surface area contributed by atoms with Crippen molar-refractivity contribution in [2.45, 2.75) is 43.8 Å². The van der Waals surface area contributed by atoms with E-state index in [1.165, 1.54) is 5.56 Å². The average Bonchev–Trinajstić information content (AvgIpc) is 3.19. The number of rotatable bonds is 4. The average molecular weight is 380 g/mol. The maximum Gasteiger partial charge on any atom is 0.192 e. The molecule has 2 bridgehead atoms. The van der Waals surface area contributed by atoms with Crippen LogP contribution in [0.4, 0.5) is 0 Å². The highest BCUT2D eigenvalue weighted by Crippen LogP contribution is 2.40. The van der Waals surface area contributed by atoms with Crippen molar-refractivity contribution in [3.05, 3.63) is 46.2 Å². The molecule has 2 aliphatic heterocycles. The molecule has 1 unspecified atom stereocenters. The molecular weight excluding hydrogens is 362 g/mol. The Morgan fingerprint density at radius 2 is 2.26 bits per heavy atom. The number of ether oxygens (including phenoxy) is 2. The Kier molecular flexibility index (Phi) is 3.96. The molecule has 1 aromatic carbocycles. The van der Waals surface area contributed by atoms with E-state index in [-0.39, 0.29) is 6.10 Å². The molecule has 0 amide bonds. The van der Waals surface area contributed by atoms with E-state index in [9.17, 15) is 5.11 Å². The summed E-state index contributed by atoms with van der Waals surface area (Å²) in [5, 5.41) is 19.2. The first-order valence-corrected chi connectivity index (χ1v) is 8.58. The highest BCUT2D eigenvalue weighted by atomic mass is 79.9. The second-order valence-corrected chi connectivity index (χ2v) is 6.95. The van der Waals surface area contributed by atoms with Crippen molar-refractivity contribution in [2.24, 2.45) is 0 Å². The van der Waals surface area contributed by atoms with E-state index < -0.39 is 11.9 Å². The first-order valence-electron chi connectivity index (χ1n) is 7.78. The number of hydrogen-bond acceptors (Lipinski definition) is 5. The molecule has 3 atom stereocenters. The molecule has 1 aromatic heterocycles. The number of fused-ring (bicyclic) bond motifs is 2. The van der Waals surface area contributed by atoms with Crippen LogP contribution in [0.25, 0.3) is 0 Å². The second kappa shape index (κ2) is 5.98. The molecule has 122 valence electrons. The summed E-state index contributed by atoms with van der Waals surface area (Å²) >= 11 is 3.55. The lowest BCUT2D eigenvalue weighted by molar-refractivity contribution is -0.219. The molecule has 0 spiro atoms. The summed E-state index contributed by atoms with van der Waals surface area (Å²) in [7, 11) is 0. The van der Waals surface area contributed by atoms with Crippen molar-refractivity contribution < 1.29 is 14.6 Å². The predicted molar refractivity (Wildman–Crippen MR) is 85.6 cm³/mol. The molecule has 0 aliphatic carbocycles. The fraction of sp³-hybridized carbons (Fsp3) is 0.500. The molecular formula is C16H18BrN3O3. The van der Waals surface area contributed by atoms with Crippen molar-refractivity contribution in [3.63, 3.8) is 0 Å². The van der Waals surface area contributed by atoms with Gasteiger partial charge in [0.15, 0.2) is 11.9 Å². The maximum absolute atomic E-state index is 10.9. The SMILES string of the molecule is OC1(c2cn(CCc3ccccc3Br)nn2)CC[C@H]2CO[C@@H]1O2. The Hall–Kier alpha value is -1.28. The van der Waals surface area contributed by atoms with Gasteiger partial charge in [-0.15, -0.1) is 5.10 Å². The monoisotopic (exact) mass is 379 g/mol. The van der Waals surface area contributed by atoms with Crippen LogP contribution in [0.1, 0.15) is 24.1 Å². The van der Waals surface area contributed by atoms with Crippen LogP contribution in [0.5, 0.6) is 0 Å². The van der Waals surface area contributed by atoms with Gasteiger partial charge in [0, 0.05) is 11.0 Å². The molecule has 2 fully saturated rings. The van der Waals surface area contributed by atoms with Crippen LogP contribution in [0.3, 0.4) is 0 Å². The second-order valence-electron chi connectivity index (χ2n) is 6.09. The molecule has 0 radical (unpaired) electrons. The zero-order chi connectivity index (χ0) is 15.9. The number of nitrogens with zero attached hydrogens (tertiary/aromatic N) is 3. The molecule has 2 aromatic rings. The van der Waals surface area contributed by atoms with Gasteiger partial charge >= 0.3 is 0 Å². The minimum absolute atomic E-state index is 0.103. The lowest BCUT2D eigenvalue weighted by Crippen LogP contribution is -2.44. The van der Waals surface area contributed by atoms with E-state index >= 15 is 0 Å². The number of aromatic nitrogens is 3. The summed E-state index contributed by atoms with van der Waals surface area (Å²) in [5.74, 6) is 0. The van der Waals surface area contributed by atoms with Crippen molar-refractivity contribution in [1.29, 1.82) is 0 Å². The smallest absolute Gasteiger partial charge is 0.192 e. The summed E-state index contributed by atoms with van der Waals surface area (Å²) in [5.41, 5.74) is 0.541. The molecule has 2 saturated heterocycles. The summed E-state index contributed by atoms with van der Waals surface area (Å²) in [6.45, 7) is 1.24. The molecule has 1 N–H and O–H groups in total. The van der Waals surface area contributed by atoms with Crippen molar-refractivity contribution in [1.82, 2.24) is 15.0 Å². The van der Waals surface area contributed by atoms with E-state index in [0.717, 1.165) is 17.3 Å². The van der Waals surface area contributed by atoms with Crippen LogP contribution in [0.15, 0.2) is 34.9 Å². The minimum Gasteiger partial charge on any atom is -0.378 e. The Morgan fingerprint density at radius 3 is 3.13 bits per heavy atom. The maximum atomic E-state index is 10.9. The minimum atomic E-state index is -1.20. The van der Waals surface area contributed by atoms with Crippen LogP contribution in [-0.4, -0.2) is 39.1 Å². The van der Waals surface area contributed by atoms with E-state index in [1.54, 1.807) is 10.9 Å². The third kappa shape index (κ3) is 2.82. The topological polar surface area (TPSA) is 69.4 Å². The van der Waals surface area contributed by atoms with E-state index in [4.69, 9.17) is 9.47 Å². The lowest BCUT2D eigenvalue weighted by atomic mass is 9.90. The Balaban J connectivity index is 1.47. The summed E-state index contributed by atoms with van der Waals surface area (Å²) < 4.78 is 14.1. The highest BCUT2D eigenvalue weighted by Gasteiger charge is 2.51. The van der Waals surface area contributed by atoms with Gasteiger partial charge in [-0.2, -0.15) is 0 Å². The van der Waals surface area contributed by atoms with Crippen LogP contribution in [0, 0.1) is 0 Å². The van der Waals surface area contributed by atoms with Gasteiger partial charge in [-0.3, -0.25) is 4.68 Å². The van der Waals surface area contributed by atoms with Gasteiger partial charge in [-0.05, 0) is 30.9 Å². The fourth-order valence-electron chi connectivity index (χ4n) is 3.14. The molecule has 2 aliphatic rings. The molecule has 6 nitrogen and oxygen atoms in total. The zero-order valence-electron chi connectivity index (χ0n) is 12.6.